The van der Waals surface area contributed by atoms with Crippen molar-refractivity contribution in [1.29, 1.82) is 0 Å². The third-order valence-corrected chi connectivity index (χ3v) is 7.48. The lowest BCUT2D eigenvalue weighted by molar-refractivity contribution is 0.667. The van der Waals surface area contributed by atoms with Gasteiger partial charge in [0.25, 0.3) is 0 Å². The Morgan fingerprint density at radius 2 is 1.21 bits per heavy atom. The molecule has 1 heterocycles. The molecule has 1 aliphatic rings. The van der Waals surface area contributed by atoms with Crippen LogP contribution in [0.1, 0.15) is 25.0 Å². The van der Waals surface area contributed by atoms with Crippen LogP contribution in [-0.4, -0.2) is 4.98 Å². The first-order valence-corrected chi connectivity index (χ1v) is 11.6. The van der Waals surface area contributed by atoms with Crippen molar-refractivity contribution in [3.8, 4) is 22.4 Å². The van der Waals surface area contributed by atoms with E-state index >= 15 is 0 Å². The summed E-state index contributed by atoms with van der Waals surface area (Å²) in [7, 11) is 0. The standard InChI is InChI=1S/C32H23N/c1-32(2)28-17-14-20(29-13-7-8-18-33-29)19-27(28)26-16-15-25-23-11-4-3-9-21(23)22-10-5-6-12-24(22)30(25)31(26)32/h3-19H,1-2H3. The smallest absolute Gasteiger partial charge is 0.0702 e. The van der Waals surface area contributed by atoms with E-state index in [0.717, 1.165) is 5.69 Å². The van der Waals surface area contributed by atoms with Crippen molar-refractivity contribution < 1.29 is 0 Å². The lowest BCUT2D eigenvalue weighted by Gasteiger charge is -2.24. The van der Waals surface area contributed by atoms with Crippen LogP contribution in [0.5, 0.6) is 0 Å². The molecule has 0 amide bonds. The predicted molar refractivity (Wildman–Crippen MR) is 140 cm³/mol. The van der Waals surface area contributed by atoms with Crippen LogP contribution >= 0.6 is 0 Å². The summed E-state index contributed by atoms with van der Waals surface area (Å²) in [6.07, 6.45) is 1.87. The molecule has 1 heteroatoms. The number of hydrogen-bond acceptors (Lipinski definition) is 1. The van der Waals surface area contributed by atoms with Crippen molar-refractivity contribution in [2.75, 3.05) is 0 Å². The van der Waals surface area contributed by atoms with Crippen LogP contribution in [0.4, 0.5) is 0 Å². The van der Waals surface area contributed by atoms with Gasteiger partial charge < -0.3 is 0 Å². The molecule has 0 fully saturated rings. The highest BCUT2D eigenvalue weighted by atomic mass is 14.7. The molecule has 0 atom stereocenters. The second kappa shape index (κ2) is 6.52. The number of aromatic nitrogens is 1. The third kappa shape index (κ3) is 2.45. The van der Waals surface area contributed by atoms with Gasteiger partial charge in [0.15, 0.2) is 0 Å². The van der Waals surface area contributed by atoms with E-state index in [0.29, 0.717) is 0 Å². The minimum atomic E-state index is -0.0853. The molecule has 156 valence electrons. The highest BCUT2D eigenvalue weighted by Gasteiger charge is 2.37. The number of benzene rings is 5. The quantitative estimate of drug-likeness (QED) is 0.242. The van der Waals surface area contributed by atoms with Gasteiger partial charge in [-0.05, 0) is 72.8 Å². The second-order valence-corrected chi connectivity index (χ2v) is 9.60. The fourth-order valence-corrected chi connectivity index (χ4v) is 6.01. The zero-order chi connectivity index (χ0) is 22.2. The van der Waals surface area contributed by atoms with Crippen LogP contribution < -0.4 is 0 Å². The first-order valence-electron chi connectivity index (χ1n) is 11.6. The highest BCUT2D eigenvalue weighted by molar-refractivity contribution is 6.27. The highest BCUT2D eigenvalue weighted by Crippen LogP contribution is 2.54. The molecule has 0 aliphatic heterocycles. The summed E-state index contributed by atoms with van der Waals surface area (Å²) in [5, 5.41) is 8.06. The van der Waals surface area contributed by atoms with Gasteiger partial charge in [0, 0.05) is 17.2 Å². The molecule has 33 heavy (non-hydrogen) atoms. The van der Waals surface area contributed by atoms with Crippen molar-refractivity contribution in [3.63, 3.8) is 0 Å². The van der Waals surface area contributed by atoms with Gasteiger partial charge in [0.1, 0.15) is 0 Å². The SMILES string of the molecule is CC1(C)c2ccc(-c3ccccn3)cc2-c2ccc3c4ccccc4c4ccccc4c3c21. The molecule has 0 unspecified atom stereocenters. The molecule has 0 N–H and O–H groups in total. The van der Waals surface area contributed by atoms with Crippen molar-refractivity contribution in [1.82, 2.24) is 4.98 Å². The van der Waals surface area contributed by atoms with Gasteiger partial charge in [-0.15, -0.1) is 0 Å². The zero-order valence-corrected chi connectivity index (χ0v) is 18.8. The summed E-state index contributed by atoms with van der Waals surface area (Å²) < 4.78 is 0. The minimum absolute atomic E-state index is 0.0853. The molecule has 0 radical (unpaired) electrons. The lowest BCUT2D eigenvalue weighted by Crippen LogP contribution is -2.15. The van der Waals surface area contributed by atoms with E-state index in [-0.39, 0.29) is 5.41 Å². The molecule has 1 nitrogen and oxygen atoms in total. The van der Waals surface area contributed by atoms with Crippen molar-refractivity contribution in [2.45, 2.75) is 19.3 Å². The summed E-state index contributed by atoms with van der Waals surface area (Å²) in [4.78, 5) is 4.59. The van der Waals surface area contributed by atoms with Crippen LogP contribution in [0, 0.1) is 0 Å². The van der Waals surface area contributed by atoms with E-state index in [4.69, 9.17) is 0 Å². The Kier molecular flexibility index (Phi) is 3.67. The Morgan fingerprint density at radius 1 is 0.576 bits per heavy atom. The van der Waals surface area contributed by atoms with Gasteiger partial charge in [-0.1, -0.05) is 92.7 Å². The average molecular weight is 422 g/mol. The Hall–Kier alpha value is -3.97. The van der Waals surface area contributed by atoms with Gasteiger partial charge >= 0.3 is 0 Å². The number of nitrogens with zero attached hydrogens (tertiary/aromatic N) is 1. The van der Waals surface area contributed by atoms with Crippen LogP contribution in [0.15, 0.2) is 103 Å². The molecule has 0 saturated heterocycles. The number of hydrogen-bond donors (Lipinski definition) is 0. The molecular weight excluding hydrogens is 398 g/mol. The van der Waals surface area contributed by atoms with Crippen molar-refractivity contribution in [2.24, 2.45) is 0 Å². The molecule has 0 bridgehead atoms. The third-order valence-electron chi connectivity index (χ3n) is 7.48. The van der Waals surface area contributed by atoms with E-state index in [1.807, 2.05) is 12.3 Å². The molecule has 1 aliphatic carbocycles. The molecule has 7 rings (SSSR count). The maximum Gasteiger partial charge on any atom is 0.0702 e. The Bertz CT molecular complexity index is 1690. The largest absolute Gasteiger partial charge is 0.256 e. The van der Waals surface area contributed by atoms with Crippen LogP contribution in [-0.2, 0) is 5.41 Å². The minimum Gasteiger partial charge on any atom is -0.256 e. The average Bonchev–Trinajstić information content (AvgIpc) is 3.11. The summed E-state index contributed by atoms with van der Waals surface area (Å²) >= 11 is 0. The van der Waals surface area contributed by atoms with Crippen molar-refractivity contribution >= 4 is 32.3 Å². The van der Waals surface area contributed by atoms with Crippen LogP contribution in [0.25, 0.3) is 54.7 Å². The monoisotopic (exact) mass is 421 g/mol. The lowest BCUT2D eigenvalue weighted by atomic mass is 9.78. The van der Waals surface area contributed by atoms with E-state index in [1.54, 1.807) is 0 Å². The number of pyridine rings is 1. The van der Waals surface area contributed by atoms with Gasteiger partial charge in [0.2, 0.25) is 0 Å². The summed E-state index contributed by atoms with van der Waals surface area (Å²) in [5.74, 6) is 0. The van der Waals surface area contributed by atoms with Gasteiger partial charge in [0.05, 0.1) is 5.69 Å². The summed E-state index contributed by atoms with van der Waals surface area (Å²) in [6.45, 7) is 4.75. The Balaban J connectivity index is 1.63. The normalized spacial score (nSPS) is 14.0. The Morgan fingerprint density at radius 3 is 1.91 bits per heavy atom. The van der Waals surface area contributed by atoms with E-state index in [2.05, 4.69) is 110 Å². The van der Waals surface area contributed by atoms with E-state index in [1.165, 1.54) is 60.1 Å². The van der Waals surface area contributed by atoms with Gasteiger partial charge in [-0.3, -0.25) is 4.98 Å². The molecular formula is C32H23N. The molecule has 0 spiro atoms. The second-order valence-electron chi connectivity index (χ2n) is 9.60. The summed E-state index contributed by atoms with van der Waals surface area (Å²) in [5.41, 5.74) is 7.61. The number of fused-ring (bicyclic) bond motifs is 10. The first kappa shape index (κ1) is 18.6. The topological polar surface area (TPSA) is 12.9 Å². The van der Waals surface area contributed by atoms with E-state index < -0.39 is 0 Å². The van der Waals surface area contributed by atoms with Gasteiger partial charge in [-0.25, -0.2) is 0 Å². The molecule has 5 aromatic carbocycles. The maximum atomic E-state index is 4.59. The predicted octanol–water partition coefficient (Wildman–Crippen LogP) is 8.51. The number of rotatable bonds is 1. The van der Waals surface area contributed by atoms with E-state index in [9.17, 15) is 0 Å². The Labute approximate surface area is 193 Å². The fraction of sp³-hybridized carbons (Fsp3) is 0.0938. The van der Waals surface area contributed by atoms with Crippen molar-refractivity contribution in [3.05, 3.63) is 114 Å². The fourth-order valence-electron chi connectivity index (χ4n) is 6.01. The molecule has 1 aromatic heterocycles. The maximum absolute atomic E-state index is 4.59. The molecule has 6 aromatic rings. The molecule has 0 saturated carbocycles. The van der Waals surface area contributed by atoms with Crippen LogP contribution in [0.2, 0.25) is 0 Å². The zero-order valence-electron chi connectivity index (χ0n) is 18.8. The van der Waals surface area contributed by atoms with Gasteiger partial charge in [-0.2, -0.15) is 0 Å². The van der Waals surface area contributed by atoms with Crippen LogP contribution in [0.3, 0.4) is 0 Å². The first-order chi connectivity index (χ1) is 16.1. The summed E-state index contributed by atoms with van der Waals surface area (Å²) in [6, 6.07) is 35.4.